The predicted molar refractivity (Wildman–Crippen MR) is 113 cm³/mol. The van der Waals surface area contributed by atoms with Crippen LogP contribution >= 0.6 is 0 Å². The fourth-order valence-corrected chi connectivity index (χ4v) is 5.29. The van der Waals surface area contributed by atoms with Gasteiger partial charge in [0.25, 0.3) is 0 Å². The van der Waals surface area contributed by atoms with Crippen molar-refractivity contribution in [1.29, 1.82) is 0 Å². The van der Waals surface area contributed by atoms with Crippen LogP contribution in [0.3, 0.4) is 0 Å². The van der Waals surface area contributed by atoms with Crippen LogP contribution < -0.4 is 10.1 Å². The lowest BCUT2D eigenvalue weighted by Crippen LogP contribution is -2.45. The second-order valence-electron chi connectivity index (χ2n) is 7.16. The topological polar surface area (TPSA) is 75.7 Å². The Kier molecular flexibility index (Phi) is 7.28. The summed E-state index contributed by atoms with van der Waals surface area (Å²) in [5.41, 5.74) is 0.652. The monoisotopic (exact) mass is 416 g/mol. The van der Waals surface area contributed by atoms with Gasteiger partial charge in [0.2, 0.25) is 15.9 Å². The van der Waals surface area contributed by atoms with Gasteiger partial charge in [0.1, 0.15) is 5.75 Å². The van der Waals surface area contributed by atoms with Gasteiger partial charge in [-0.15, -0.1) is 0 Å². The molecule has 0 atom stereocenters. The van der Waals surface area contributed by atoms with Crippen LogP contribution in [-0.4, -0.2) is 37.8 Å². The molecule has 7 heteroatoms. The Morgan fingerprint density at radius 3 is 2.31 bits per heavy atom. The summed E-state index contributed by atoms with van der Waals surface area (Å²) in [6.45, 7) is 2.19. The highest BCUT2D eigenvalue weighted by molar-refractivity contribution is 7.89. The molecule has 2 aromatic carbocycles. The zero-order chi connectivity index (χ0) is 20.7. The van der Waals surface area contributed by atoms with Crippen LogP contribution in [0.5, 0.6) is 5.75 Å². The van der Waals surface area contributed by atoms with E-state index >= 15 is 0 Å². The first-order chi connectivity index (χ1) is 14.0. The third-order valence-electron chi connectivity index (χ3n) is 5.08. The van der Waals surface area contributed by atoms with Gasteiger partial charge in [-0.2, -0.15) is 4.31 Å². The molecule has 29 heavy (non-hydrogen) atoms. The van der Waals surface area contributed by atoms with Crippen molar-refractivity contribution in [2.75, 3.05) is 18.5 Å². The molecule has 1 aliphatic carbocycles. The van der Waals surface area contributed by atoms with E-state index in [2.05, 4.69) is 5.32 Å². The Bertz CT molecular complexity index is 892. The van der Waals surface area contributed by atoms with E-state index in [9.17, 15) is 13.2 Å². The summed E-state index contributed by atoms with van der Waals surface area (Å²) in [6.07, 6.45) is 4.59. The standard InChI is InChI=1S/C22H28N2O4S/c1-2-28-20-13-15-21(16-14-20)29(26,27)24(19-11-7-4-8-12-19)17-22(25)23-18-9-5-3-6-10-18/h3,5-6,9-10,13-16,19H,2,4,7-8,11-12,17H2,1H3,(H,23,25). The molecule has 1 fully saturated rings. The zero-order valence-electron chi connectivity index (χ0n) is 16.7. The van der Waals surface area contributed by atoms with Crippen molar-refractivity contribution in [1.82, 2.24) is 4.31 Å². The first kappa shape index (κ1) is 21.3. The summed E-state index contributed by atoms with van der Waals surface area (Å²) in [4.78, 5) is 12.8. The van der Waals surface area contributed by atoms with Gasteiger partial charge in [0.05, 0.1) is 18.0 Å². The number of carbonyl (C=O) groups excluding carboxylic acids is 1. The molecule has 1 N–H and O–H groups in total. The Balaban J connectivity index is 1.82. The SMILES string of the molecule is CCOc1ccc(S(=O)(=O)N(CC(=O)Nc2ccccc2)C2CCCCC2)cc1. The number of para-hydroxylation sites is 1. The number of hydrogen-bond acceptors (Lipinski definition) is 4. The number of anilines is 1. The number of amides is 1. The highest BCUT2D eigenvalue weighted by Gasteiger charge is 2.34. The molecule has 156 valence electrons. The zero-order valence-corrected chi connectivity index (χ0v) is 17.5. The first-order valence-corrected chi connectivity index (χ1v) is 11.5. The van der Waals surface area contributed by atoms with Crippen LogP contribution in [0, 0.1) is 0 Å². The fourth-order valence-electron chi connectivity index (χ4n) is 3.65. The van der Waals surface area contributed by atoms with Gasteiger partial charge in [-0.25, -0.2) is 8.42 Å². The molecule has 2 aromatic rings. The summed E-state index contributed by atoms with van der Waals surface area (Å²) < 4.78 is 33.6. The van der Waals surface area contributed by atoms with Gasteiger partial charge >= 0.3 is 0 Å². The van der Waals surface area contributed by atoms with Crippen molar-refractivity contribution in [2.45, 2.75) is 50.0 Å². The molecule has 0 spiro atoms. The largest absolute Gasteiger partial charge is 0.494 e. The van der Waals surface area contributed by atoms with Crippen molar-refractivity contribution in [3.8, 4) is 5.75 Å². The number of nitrogens with zero attached hydrogens (tertiary/aromatic N) is 1. The molecule has 0 radical (unpaired) electrons. The molecule has 0 heterocycles. The predicted octanol–water partition coefficient (Wildman–Crippen LogP) is 4.05. The maximum Gasteiger partial charge on any atom is 0.243 e. The Hall–Kier alpha value is -2.38. The van der Waals surface area contributed by atoms with E-state index in [0.29, 0.717) is 18.0 Å². The number of carbonyl (C=O) groups is 1. The number of hydrogen-bond donors (Lipinski definition) is 1. The van der Waals surface area contributed by atoms with Crippen molar-refractivity contribution >= 4 is 21.6 Å². The van der Waals surface area contributed by atoms with E-state index < -0.39 is 10.0 Å². The quantitative estimate of drug-likeness (QED) is 0.704. The smallest absolute Gasteiger partial charge is 0.243 e. The van der Waals surface area contributed by atoms with E-state index in [4.69, 9.17) is 4.74 Å². The molecular weight excluding hydrogens is 388 g/mol. The highest BCUT2D eigenvalue weighted by atomic mass is 32.2. The maximum absolute atomic E-state index is 13.4. The van der Waals surface area contributed by atoms with Crippen molar-refractivity contribution < 1.29 is 17.9 Å². The van der Waals surface area contributed by atoms with Gasteiger partial charge in [-0.1, -0.05) is 37.5 Å². The Labute approximate surface area is 172 Å². The summed E-state index contributed by atoms with van der Waals surface area (Å²) in [6, 6.07) is 15.3. The van der Waals surface area contributed by atoms with Crippen molar-refractivity contribution in [3.63, 3.8) is 0 Å². The van der Waals surface area contributed by atoms with E-state index in [1.807, 2.05) is 25.1 Å². The number of ether oxygens (including phenoxy) is 1. The molecule has 1 saturated carbocycles. The van der Waals surface area contributed by atoms with E-state index in [0.717, 1.165) is 32.1 Å². The Morgan fingerprint density at radius 1 is 1.03 bits per heavy atom. The molecule has 0 saturated heterocycles. The summed E-state index contributed by atoms with van der Waals surface area (Å²) in [7, 11) is -3.80. The van der Waals surface area contributed by atoms with Crippen LogP contribution in [0.15, 0.2) is 59.5 Å². The molecule has 1 amide bonds. The van der Waals surface area contributed by atoms with Crippen molar-refractivity contribution in [3.05, 3.63) is 54.6 Å². The fraction of sp³-hybridized carbons (Fsp3) is 0.409. The number of sulfonamides is 1. The molecule has 0 aliphatic heterocycles. The summed E-state index contributed by atoms with van der Waals surface area (Å²) >= 11 is 0. The van der Waals surface area contributed by atoms with Gasteiger partial charge < -0.3 is 10.1 Å². The minimum atomic E-state index is -3.80. The van der Waals surface area contributed by atoms with Crippen molar-refractivity contribution in [2.24, 2.45) is 0 Å². The van der Waals surface area contributed by atoms with E-state index in [-0.39, 0.29) is 23.4 Å². The van der Waals surface area contributed by atoms with Crippen LogP contribution in [0.4, 0.5) is 5.69 Å². The minimum absolute atomic E-state index is 0.165. The average Bonchev–Trinajstić information content (AvgIpc) is 2.74. The summed E-state index contributed by atoms with van der Waals surface area (Å²) in [5, 5.41) is 2.80. The van der Waals surface area contributed by atoms with Crippen LogP contribution in [0.25, 0.3) is 0 Å². The lowest BCUT2D eigenvalue weighted by molar-refractivity contribution is -0.116. The third-order valence-corrected chi connectivity index (χ3v) is 6.99. The number of benzene rings is 2. The Morgan fingerprint density at radius 2 is 1.69 bits per heavy atom. The number of nitrogens with one attached hydrogen (secondary N) is 1. The highest BCUT2D eigenvalue weighted by Crippen LogP contribution is 2.28. The van der Waals surface area contributed by atoms with Gasteiger partial charge in [0.15, 0.2) is 0 Å². The normalized spacial score (nSPS) is 15.2. The van der Waals surface area contributed by atoms with Gasteiger partial charge in [-0.3, -0.25) is 4.79 Å². The summed E-state index contributed by atoms with van der Waals surface area (Å²) in [5.74, 6) is 0.286. The lowest BCUT2D eigenvalue weighted by atomic mass is 9.95. The van der Waals surface area contributed by atoms with E-state index in [1.54, 1.807) is 36.4 Å². The maximum atomic E-state index is 13.4. The van der Waals surface area contributed by atoms with E-state index in [1.165, 1.54) is 4.31 Å². The second-order valence-corrected chi connectivity index (χ2v) is 9.05. The molecular formula is C22H28N2O4S. The molecule has 3 rings (SSSR count). The third kappa shape index (κ3) is 5.58. The second kappa shape index (κ2) is 9.89. The molecule has 0 unspecified atom stereocenters. The lowest BCUT2D eigenvalue weighted by Gasteiger charge is -2.33. The van der Waals surface area contributed by atoms with Gasteiger partial charge in [-0.05, 0) is 56.2 Å². The minimum Gasteiger partial charge on any atom is -0.494 e. The van der Waals surface area contributed by atoms with Gasteiger partial charge in [0, 0.05) is 11.7 Å². The molecule has 0 aromatic heterocycles. The van der Waals surface area contributed by atoms with Crippen LogP contribution in [-0.2, 0) is 14.8 Å². The van der Waals surface area contributed by atoms with Crippen LogP contribution in [0.1, 0.15) is 39.0 Å². The first-order valence-electron chi connectivity index (χ1n) is 10.1. The molecule has 6 nitrogen and oxygen atoms in total. The average molecular weight is 417 g/mol. The molecule has 1 aliphatic rings. The molecule has 0 bridgehead atoms. The number of rotatable bonds is 8. The van der Waals surface area contributed by atoms with Crippen LogP contribution in [0.2, 0.25) is 0 Å².